The van der Waals surface area contributed by atoms with Crippen LogP contribution in [0.25, 0.3) is 148 Å². The van der Waals surface area contributed by atoms with Crippen LogP contribution in [0.3, 0.4) is 0 Å². The van der Waals surface area contributed by atoms with Gasteiger partial charge in [0.25, 0.3) is 0 Å². The van der Waals surface area contributed by atoms with Gasteiger partial charge in [0.15, 0.2) is 0 Å². The smallest absolute Gasteiger partial charge is 0.510 e. The van der Waals surface area contributed by atoms with Crippen LogP contribution in [-0.2, 0) is 80.4 Å². The van der Waals surface area contributed by atoms with Gasteiger partial charge in [-0.3, -0.25) is 15.0 Å². The number of imidazole rings is 4. The van der Waals surface area contributed by atoms with Crippen LogP contribution < -0.4 is 19.6 Å². The third-order valence-electron chi connectivity index (χ3n) is 22.5. The van der Waals surface area contributed by atoms with E-state index in [9.17, 15) is 0 Å². The summed E-state index contributed by atoms with van der Waals surface area (Å²) >= 11 is 0. The Morgan fingerprint density at radius 1 is 0.313 bits per heavy atom. The topological polar surface area (TPSA) is 185 Å². The Morgan fingerprint density at radius 3 is 1.40 bits per heavy atom. The second kappa shape index (κ2) is 40.9. The summed E-state index contributed by atoms with van der Waals surface area (Å²) < 4.78 is 7.90. The summed E-state index contributed by atoms with van der Waals surface area (Å²) in [6.07, 6.45) is 49.5. The Morgan fingerprint density at radius 2 is 0.806 bits per heavy atom. The van der Waals surface area contributed by atoms with Gasteiger partial charge in [-0.05, 0) is 255 Å². The van der Waals surface area contributed by atoms with E-state index in [2.05, 4.69) is 225 Å². The number of nitrogens with zero attached hydrogens (tertiary/aromatic N) is 23. The van der Waals surface area contributed by atoms with Crippen molar-refractivity contribution in [2.75, 3.05) is 47.8 Å². The van der Waals surface area contributed by atoms with Crippen LogP contribution in [0.4, 0.5) is 22.7 Å². The number of para-hydroxylation sites is 4. The third kappa shape index (κ3) is 18.1. The van der Waals surface area contributed by atoms with Gasteiger partial charge in [-0.25, -0.2) is 0 Å². The SMILES string of the molecule is CN1C=C2c3ccccc3-c3ccc[c-]c3N2[CH-]1.CN1C=CN(c2[c-]cccc2)[CH-]1.CN1C=CN(c2[c-]cccc2)[CH-]1.CN1C=CN(c2[c-]cccc2)[CH-]1.[Ir+3].[Ir+3].[Ir+3].[Ir+3].[c-]1cnc2c3c4cc5ccccc5cc4ccc3c3cccnc3n12.[c-]1ncn2c1c1ncccc1c1ccncc12.[c-]1ncn2c1c1ncccc1c1cnccc12.[c-]1ncn2c1c1ncccc1c1ncccc12. The van der Waals surface area contributed by atoms with E-state index in [1.807, 2.05) is 290 Å². The minimum atomic E-state index is 0. The zero-order chi connectivity index (χ0) is 87.4. The van der Waals surface area contributed by atoms with Crippen molar-refractivity contribution in [3.8, 4) is 11.1 Å². The molecule has 28 rings (SSSR count). The molecule has 0 fully saturated rings. The van der Waals surface area contributed by atoms with E-state index in [0.29, 0.717) is 0 Å². The fourth-order valence-electron chi connectivity index (χ4n) is 16.6. The number of benzene rings is 8. The Labute approximate surface area is 826 Å². The van der Waals surface area contributed by atoms with Crippen molar-refractivity contribution >= 4 is 160 Å². The van der Waals surface area contributed by atoms with E-state index < -0.39 is 0 Å². The van der Waals surface area contributed by atoms with Crippen molar-refractivity contribution in [3.63, 3.8) is 0 Å². The Bertz CT molecular complexity index is 7560. The van der Waals surface area contributed by atoms with E-state index in [-0.39, 0.29) is 80.4 Å². The minimum Gasteiger partial charge on any atom is -0.510 e. The minimum absolute atomic E-state index is 0. The maximum atomic E-state index is 4.59. The fourth-order valence-corrected chi connectivity index (χ4v) is 16.6. The van der Waals surface area contributed by atoms with Crippen molar-refractivity contribution in [1.29, 1.82) is 0 Å². The largest absolute Gasteiger partial charge is 3.00 e. The summed E-state index contributed by atoms with van der Waals surface area (Å²) in [6, 6.07) is 92.6. The summed E-state index contributed by atoms with van der Waals surface area (Å²) in [4.78, 5) is 63.8. The Hall–Kier alpha value is -14.9. The maximum absolute atomic E-state index is 4.59. The van der Waals surface area contributed by atoms with E-state index in [1.54, 1.807) is 62.4 Å². The molecule has 0 unspecified atom stereocenters. The molecular weight excluding hydrogens is 2380 g/mol. The average molecular weight is 2450 g/mol. The van der Waals surface area contributed by atoms with Crippen LogP contribution in [0.1, 0.15) is 5.56 Å². The molecule has 20 heterocycles. The number of hydrogen-bond acceptors (Lipinski definition) is 19. The number of fused-ring (bicyclic) bond motifs is 33. The first-order valence-corrected chi connectivity index (χ1v) is 41.8. The zero-order valence-corrected chi connectivity index (χ0v) is 81.6. The second-order valence-corrected chi connectivity index (χ2v) is 30.8. The monoisotopic (exact) mass is 2450 g/mol. The number of rotatable bonds is 3. The van der Waals surface area contributed by atoms with Gasteiger partial charge in [0, 0.05) is 77.5 Å². The van der Waals surface area contributed by atoms with Crippen LogP contribution in [-0.4, -0.2) is 120 Å². The molecule has 654 valence electrons. The van der Waals surface area contributed by atoms with Crippen LogP contribution in [0.2, 0.25) is 0 Å². The van der Waals surface area contributed by atoms with Crippen LogP contribution in [0.15, 0.2) is 361 Å². The predicted molar refractivity (Wildman–Crippen MR) is 516 cm³/mol. The molecule has 0 amide bonds. The molecule has 0 N–H and O–H groups in total. The molecule has 0 saturated carbocycles. The molecule has 5 aliphatic rings. The fraction of sp³-hybridized carbons (Fsp3) is 0.0374. The second-order valence-electron chi connectivity index (χ2n) is 30.8. The van der Waals surface area contributed by atoms with Crippen molar-refractivity contribution in [2.24, 2.45) is 0 Å². The molecule has 23 aromatic rings. The number of aromatic nitrogens is 15. The molecule has 0 bridgehead atoms. The van der Waals surface area contributed by atoms with Crippen molar-refractivity contribution < 1.29 is 80.4 Å². The van der Waals surface area contributed by atoms with Gasteiger partial charge < -0.3 is 96.7 Å². The molecule has 15 aromatic heterocycles. The zero-order valence-electron chi connectivity index (χ0n) is 72.0. The average Bonchev–Trinajstić information content (AvgIpc) is 1.31. The molecule has 5 aliphatic heterocycles. The van der Waals surface area contributed by atoms with Gasteiger partial charge in [0.1, 0.15) is 0 Å². The van der Waals surface area contributed by atoms with Gasteiger partial charge in [-0.1, -0.05) is 121 Å². The van der Waals surface area contributed by atoms with Crippen LogP contribution >= 0.6 is 0 Å². The van der Waals surface area contributed by atoms with Crippen LogP contribution in [0, 0.1) is 75.7 Å². The number of anilines is 4. The van der Waals surface area contributed by atoms with Crippen molar-refractivity contribution in [3.05, 3.63) is 442 Å². The summed E-state index contributed by atoms with van der Waals surface area (Å²) in [5.41, 5.74) is 20.6. The molecular formula is C107H75Ir4N23. The number of hydrogen-bond donors (Lipinski definition) is 0. The normalized spacial score (nSPS) is 13.0. The van der Waals surface area contributed by atoms with E-state index in [1.165, 1.54) is 49.3 Å². The number of pyridine rings is 11. The van der Waals surface area contributed by atoms with Gasteiger partial charge in [0.05, 0.1) is 22.7 Å². The van der Waals surface area contributed by atoms with Crippen molar-refractivity contribution in [2.45, 2.75) is 0 Å². The summed E-state index contributed by atoms with van der Waals surface area (Å²) in [5.74, 6) is 0. The summed E-state index contributed by atoms with van der Waals surface area (Å²) in [6.45, 7) is 8.12. The quantitative estimate of drug-likeness (QED) is 0.0923. The first-order chi connectivity index (χ1) is 64.2. The van der Waals surface area contributed by atoms with Gasteiger partial charge in [-0.15, -0.1) is 22.6 Å². The standard InChI is InChI=1S/C22H12N3.C16H12N2.3C13H7N4.3C10H10N2.4Ir/c1-2-5-15-13-19-16(12-14(15)4-1)7-8-17-18-6-3-9-23-21(18)25-11-10-24-22(25)20(17)19;1-17-10-16-14-8-3-2-6-12(14)13-7-4-5-9-15(13)18(16)11-17;1-3-9-12-10(4-2-6-15-12)17-8-14-7-11(17)13(9)16-5-1;1-2-10-9-3-5-14-6-11(9)17-8-15-7-12(17)13(10)16-4-1;1-2-9-10-6-14-5-3-11(10)17-8-15-7-12(17)13(9)16-4-1;3*1-11-7-8-12(9-11)10-5-3-2-4-6-10;;;;/h1-10,12-13H;2-8,10-11H,1H3;3*1-6,8H;3*2-5,7-9H,1H3;;;;/q-1;-2;3*-1;3*-2;4*+3. The van der Waals surface area contributed by atoms with Crippen LogP contribution in [0.5, 0.6) is 0 Å². The third-order valence-corrected chi connectivity index (χ3v) is 22.5. The molecule has 0 atom stereocenters. The molecule has 134 heavy (non-hydrogen) atoms. The molecule has 23 nitrogen and oxygen atoms in total. The van der Waals surface area contributed by atoms with E-state index >= 15 is 0 Å². The van der Waals surface area contributed by atoms with Gasteiger partial charge >= 0.3 is 80.4 Å². The Balaban J connectivity index is 0.000000107. The van der Waals surface area contributed by atoms with Gasteiger partial charge in [-0.2, -0.15) is 142 Å². The first kappa shape index (κ1) is 91.0. The molecule has 0 radical (unpaired) electrons. The first-order valence-electron chi connectivity index (χ1n) is 41.8. The Kier molecular flexibility index (Phi) is 27.8. The predicted octanol–water partition coefficient (Wildman–Crippen LogP) is 20.6. The van der Waals surface area contributed by atoms with Gasteiger partial charge in [0.2, 0.25) is 0 Å². The molecule has 0 spiro atoms. The molecule has 8 aromatic carbocycles. The molecule has 0 aliphatic carbocycles. The summed E-state index contributed by atoms with van der Waals surface area (Å²) in [7, 11) is 8.05. The molecule has 27 heteroatoms. The maximum Gasteiger partial charge on any atom is 3.00 e. The van der Waals surface area contributed by atoms with E-state index in [0.717, 1.165) is 127 Å². The molecule has 0 saturated heterocycles. The van der Waals surface area contributed by atoms with E-state index in [4.69, 9.17) is 0 Å². The summed E-state index contributed by atoms with van der Waals surface area (Å²) in [5, 5.41) is 13.8. The van der Waals surface area contributed by atoms with Crippen molar-refractivity contribution in [1.82, 2.24) is 92.0 Å².